The number of hydrogen-bond donors (Lipinski definition) is 1. The summed E-state index contributed by atoms with van der Waals surface area (Å²) < 4.78 is 10.8. The lowest BCUT2D eigenvalue weighted by molar-refractivity contribution is 0.0491. The van der Waals surface area contributed by atoms with Gasteiger partial charge in [-0.2, -0.15) is 0 Å². The Labute approximate surface area is 88.6 Å². The molecule has 2 rings (SSSR count). The van der Waals surface area contributed by atoms with E-state index >= 15 is 0 Å². The van der Waals surface area contributed by atoms with Crippen molar-refractivity contribution in [2.75, 3.05) is 25.6 Å². The smallest absolute Gasteiger partial charge is 0.257 e. The van der Waals surface area contributed by atoms with E-state index in [0.29, 0.717) is 24.2 Å². The van der Waals surface area contributed by atoms with E-state index in [2.05, 4.69) is 9.97 Å². The molecule has 15 heavy (non-hydrogen) atoms. The molecule has 0 unspecified atom stereocenters. The predicted octanol–water partition coefficient (Wildman–Crippen LogP) is 0.864. The van der Waals surface area contributed by atoms with Crippen molar-refractivity contribution in [3.05, 3.63) is 12.4 Å². The first-order chi connectivity index (χ1) is 7.36. The molecular formula is C10H15N3O2. The number of nitrogens with two attached hydrogens (primary N) is 1. The molecule has 2 heterocycles. The summed E-state index contributed by atoms with van der Waals surface area (Å²) in [6.07, 6.45) is 5.21. The Morgan fingerprint density at radius 1 is 1.33 bits per heavy atom. The van der Waals surface area contributed by atoms with Crippen LogP contribution in [0, 0.1) is 5.92 Å². The van der Waals surface area contributed by atoms with Crippen molar-refractivity contribution in [2.45, 2.75) is 12.8 Å². The minimum atomic E-state index is 0.351. The lowest BCUT2D eigenvalue weighted by Gasteiger charge is -2.21. The summed E-state index contributed by atoms with van der Waals surface area (Å²) in [4.78, 5) is 7.93. The first-order valence-corrected chi connectivity index (χ1v) is 5.13. The van der Waals surface area contributed by atoms with E-state index in [1.807, 2.05) is 0 Å². The number of anilines is 1. The number of rotatable bonds is 3. The molecule has 1 aliphatic heterocycles. The van der Waals surface area contributed by atoms with E-state index in [-0.39, 0.29) is 0 Å². The fourth-order valence-electron chi connectivity index (χ4n) is 1.56. The Hall–Kier alpha value is -1.36. The molecule has 0 bridgehead atoms. The fourth-order valence-corrected chi connectivity index (χ4v) is 1.56. The topological polar surface area (TPSA) is 70.3 Å². The van der Waals surface area contributed by atoms with Crippen LogP contribution in [0.25, 0.3) is 0 Å². The molecule has 0 spiro atoms. The largest absolute Gasteiger partial charge is 0.475 e. The Balaban J connectivity index is 1.84. The predicted molar refractivity (Wildman–Crippen MR) is 55.5 cm³/mol. The van der Waals surface area contributed by atoms with E-state index < -0.39 is 0 Å². The lowest BCUT2D eigenvalue weighted by atomic mass is 10.0. The zero-order chi connectivity index (χ0) is 10.5. The Kier molecular flexibility index (Phi) is 3.34. The molecule has 0 aliphatic carbocycles. The number of aromatic nitrogens is 2. The molecule has 1 aromatic heterocycles. The molecule has 1 fully saturated rings. The van der Waals surface area contributed by atoms with Gasteiger partial charge in [-0.25, -0.2) is 9.97 Å². The average molecular weight is 209 g/mol. The second-order valence-corrected chi connectivity index (χ2v) is 3.61. The second-order valence-electron chi connectivity index (χ2n) is 3.61. The van der Waals surface area contributed by atoms with Crippen LogP contribution in [0.1, 0.15) is 12.8 Å². The number of ether oxygens (including phenoxy) is 2. The van der Waals surface area contributed by atoms with Crippen molar-refractivity contribution in [3.8, 4) is 5.88 Å². The van der Waals surface area contributed by atoms with E-state index in [1.165, 1.54) is 0 Å². The van der Waals surface area contributed by atoms with Crippen LogP contribution in [-0.4, -0.2) is 29.8 Å². The number of hydrogen-bond acceptors (Lipinski definition) is 5. The average Bonchev–Trinajstić information content (AvgIpc) is 2.29. The van der Waals surface area contributed by atoms with Crippen LogP contribution in [0.4, 0.5) is 5.82 Å². The summed E-state index contributed by atoms with van der Waals surface area (Å²) in [5, 5.41) is 0. The van der Waals surface area contributed by atoms with Crippen molar-refractivity contribution in [1.29, 1.82) is 0 Å². The van der Waals surface area contributed by atoms with Gasteiger partial charge >= 0.3 is 0 Å². The molecular weight excluding hydrogens is 194 g/mol. The van der Waals surface area contributed by atoms with Gasteiger partial charge in [0.05, 0.1) is 6.61 Å². The van der Waals surface area contributed by atoms with Gasteiger partial charge in [0.1, 0.15) is 0 Å². The van der Waals surface area contributed by atoms with Gasteiger partial charge in [0.15, 0.2) is 5.82 Å². The van der Waals surface area contributed by atoms with E-state index in [9.17, 15) is 0 Å². The van der Waals surface area contributed by atoms with Gasteiger partial charge in [0, 0.05) is 25.6 Å². The van der Waals surface area contributed by atoms with Crippen LogP contribution in [-0.2, 0) is 4.74 Å². The van der Waals surface area contributed by atoms with Crippen molar-refractivity contribution >= 4 is 5.82 Å². The third-order valence-electron chi connectivity index (χ3n) is 2.49. The second kappa shape index (κ2) is 4.93. The molecule has 0 radical (unpaired) electrons. The minimum Gasteiger partial charge on any atom is -0.475 e. The molecule has 1 aromatic rings. The maximum Gasteiger partial charge on any atom is 0.257 e. The van der Waals surface area contributed by atoms with Crippen LogP contribution in [0.5, 0.6) is 5.88 Å². The molecule has 1 aliphatic rings. The highest BCUT2D eigenvalue weighted by atomic mass is 16.5. The normalized spacial score (nSPS) is 17.6. The third kappa shape index (κ3) is 2.79. The molecule has 5 heteroatoms. The zero-order valence-electron chi connectivity index (χ0n) is 8.56. The van der Waals surface area contributed by atoms with Gasteiger partial charge in [-0.1, -0.05) is 0 Å². The van der Waals surface area contributed by atoms with E-state index in [1.54, 1.807) is 12.4 Å². The summed E-state index contributed by atoms with van der Waals surface area (Å²) in [6.45, 7) is 2.29. The third-order valence-corrected chi connectivity index (χ3v) is 2.49. The number of nitrogen functional groups attached to an aromatic ring is 1. The SMILES string of the molecule is Nc1nccnc1OCC1CCOCC1. The molecule has 0 atom stereocenters. The van der Waals surface area contributed by atoms with Crippen molar-refractivity contribution in [1.82, 2.24) is 9.97 Å². The van der Waals surface area contributed by atoms with Gasteiger partial charge in [-0.3, -0.25) is 0 Å². The maximum absolute atomic E-state index is 5.61. The Morgan fingerprint density at radius 2 is 2.07 bits per heavy atom. The standard InChI is InChI=1S/C10H15N3O2/c11-9-10(13-4-3-12-9)15-7-8-1-5-14-6-2-8/h3-4,8H,1-2,5-7H2,(H2,11,12). The van der Waals surface area contributed by atoms with Gasteiger partial charge in [0.2, 0.25) is 0 Å². The summed E-state index contributed by atoms with van der Waals surface area (Å²) in [5.74, 6) is 1.33. The van der Waals surface area contributed by atoms with Crippen LogP contribution < -0.4 is 10.5 Å². The first-order valence-electron chi connectivity index (χ1n) is 5.13. The number of nitrogens with zero attached hydrogens (tertiary/aromatic N) is 2. The molecule has 1 saturated heterocycles. The van der Waals surface area contributed by atoms with Crippen LogP contribution in [0.15, 0.2) is 12.4 Å². The molecule has 2 N–H and O–H groups in total. The molecule has 0 amide bonds. The summed E-state index contributed by atoms with van der Waals surface area (Å²) in [5.41, 5.74) is 5.61. The van der Waals surface area contributed by atoms with E-state index in [0.717, 1.165) is 26.1 Å². The van der Waals surface area contributed by atoms with Crippen LogP contribution >= 0.6 is 0 Å². The highest BCUT2D eigenvalue weighted by Crippen LogP contribution is 2.18. The molecule has 0 aromatic carbocycles. The monoisotopic (exact) mass is 209 g/mol. The highest BCUT2D eigenvalue weighted by molar-refractivity contribution is 5.38. The van der Waals surface area contributed by atoms with Crippen LogP contribution in [0.3, 0.4) is 0 Å². The van der Waals surface area contributed by atoms with Gasteiger partial charge in [-0.05, 0) is 18.8 Å². The van der Waals surface area contributed by atoms with Gasteiger partial charge < -0.3 is 15.2 Å². The van der Waals surface area contributed by atoms with Gasteiger partial charge in [0.25, 0.3) is 5.88 Å². The molecule has 0 saturated carbocycles. The Morgan fingerprint density at radius 3 is 2.80 bits per heavy atom. The van der Waals surface area contributed by atoms with Crippen LogP contribution in [0.2, 0.25) is 0 Å². The Bertz CT molecular complexity index is 313. The fraction of sp³-hybridized carbons (Fsp3) is 0.600. The maximum atomic E-state index is 5.61. The highest BCUT2D eigenvalue weighted by Gasteiger charge is 2.15. The van der Waals surface area contributed by atoms with Crippen molar-refractivity contribution < 1.29 is 9.47 Å². The van der Waals surface area contributed by atoms with Crippen molar-refractivity contribution in [3.63, 3.8) is 0 Å². The summed E-state index contributed by atoms with van der Waals surface area (Å²) >= 11 is 0. The lowest BCUT2D eigenvalue weighted by Crippen LogP contribution is -2.22. The summed E-state index contributed by atoms with van der Waals surface area (Å²) in [6, 6.07) is 0. The minimum absolute atomic E-state index is 0.351. The van der Waals surface area contributed by atoms with E-state index in [4.69, 9.17) is 15.2 Å². The molecule has 82 valence electrons. The summed E-state index contributed by atoms with van der Waals surface area (Å²) in [7, 11) is 0. The quantitative estimate of drug-likeness (QED) is 0.799. The molecule has 5 nitrogen and oxygen atoms in total. The van der Waals surface area contributed by atoms with Crippen molar-refractivity contribution in [2.24, 2.45) is 5.92 Å². The first kappa shape index (κ1) is 10.2. The van der Waals surface area contributed by atoms with Gasteiger partial charge in [-0.15, -0.1) is 0 Å². The zero-order valence-corrected chi connectivity index (χ0v) is 8.56.